The van der Waals surface area contributed by atoms with Crippen molar-refractivity contribution in [2.75, 3.05) is 5.32 Å². The lowest BCUT2D eigenvalue weighted by Crippen LogP contribution is -2.46. The van der Waals surface area contributed by atoms with Crippen LogP contribution in [0.4, 0.5) is 18.9 Å². The number of hydrogen-bond acceptors (Lipinski definition) is 2. The molecule has 0 saturated heterocycles. The van der Waals surface area contributed by atoms with E-state index in [-0.39, 0.29) is 10.7 Å². The van der Waals surface area contributed by atoms with Crippen molar-refractivity contribution < 1.29 is 22.8 Å². The van der Waals surface area contributed by atoms with Crippen molar-refractivity contribution >= 4 is 29.1 Å². The van der Waals surface area contributed by atoms with Crippen molar-refractivity contribution in [2.24, 2.45) is 0 Å². The molecule has 8 heteroatoms. The average Bonchev–Trinajstić information content (AvgIpc) is 2.28. The summed E-state index contributed by atoms with van der Waals surface area (Å²) < 4.78 is 37.7. The molecule has 4 nitrogen and oxygen atoms in total. The topological polar surface area (TPSA) is 58.2 Å². The van der Waals surface area contributed by atoms with Crippen LogP contribution < -0.4 is 10.6 Å². The Balaban J connectivity index is 2.93. The van der Waals surface area contributed by atoms with Crippen molar-refractivity contribution in [1.82, 2.24) is 5.32 Å². The number of nitrogens with one attached hydrogen (secondary N) is 2. The van der Waals surface area contributed by atoms with E-state index in [0.29, 0.717) is 6.07 Å². The molecule has 0 aliphatic carbocycles. The highest BCUT2D eigenvalue weighted by atomic mass is 35.5. The normalized spacial score (nSPS) is 12.0. The van der Waals surface area contributed by atoms with Gasteiger partial charge in [0.1, 0.15) is 0 Å². The second kappa shape index (κ2) is 5.93. The quantitative estimate of drug-likeness (QED) is 0.780. The van der Waals surface area contributed by atoms with E-state index < -0.39 is 29.1 Å². The zero-order valence-electron chi connectivity index (χ0n) is 11.6. The number of rotatable bonds is 1. The van der Waals surface area contributed by atoms with Gasteiger partial charge in [-0.2, -0.15) is 13.2 Å². The van der Waals surface area contributed by atoms with Crippen LogP contribution in [0.5, 0.6) is 0 Å². The summed E-state index contributed by atoms with van der Waals surface area (Å²) in [7, 11) is 0. The summed E-state index contributed by atoms with van der Waals surface area (Å²) in [6.45, 7) is 4.99. The number of carbonyl (C=O) groups excluding carboxylic acids is 2. The molecule has 2 N–H and O–H groups in total. The predicted molar refractivity (Wildman–Crippen MR) is 73.0 cm³/mol. The first-order valence-corrected chi connectivity index (χ1v) is 6.28. The lowest BCUT2D eigenvalue weighted by molar-refractivity contribution is -0.137. The Bertz CT molecular complexity index is 566. The zero-order valence-corrected chi connectivity index (χ0v) is 12.3. The Labute approximate surface area is 124 Å². The van der Waals surface area contributed by atoms with Gasteiger partial charge < -0.3 is 10.6 Å². The minimum absolute atomic E-state index is 0.0973. The van der Waals surface area contributed by atoms with Crippen LogP contribution in [0.25, 0.3) is 0 Å². The van der Waals surface area contributed by atoms with Gasteiger partial charge in [-0.15, -0.1) is 0 Å². The van der Waals surface area contributed by atoms with Crippen molar-refractivity contribution in [3.8, 4) is 0 Å². The third-order valence-electron chi connectivity index (χ3n) is 2.24. The number of anilines is 1. The van der Waals surface area contributed by atoms with Crippen LogP contribution in [0.1, 0.15) is 26.3 Å². The molecule has 0 aromatic heterocycles. The summed E-state index contributed by atoms with van der Waals surface area (Å²) in [5, 5.41) is 4.35. The Morgan fingerprint density at radius 3 is 2.14 bits per heavy atom. The monoisotopic (exact) mass is 322 g/mol. The van der Waals surface area contributed by atoms with Crippen molar-refractivity contribution in [2.45, 2.75) is 32.5 Å². The van der Waals surface area contributed by atoms with E-state index >= 15 is 0 Å². The molecule has 0 saturated carbocycles. The second-order valence-electron chi connectivity index (χ2n) is 5.35. The van der Waals surface area contributed by atoms with E-state index in [1.165, 1.54) is 0 Å². The number of halogens is 4. The predicted octanol–water partition coefficient (Wildman–Crippen LogP) is 3.21. The fraction of sp³-hybridized carbons (Fsp3) is 0.385. The molecule has 0 atom stereocenters. The summed E-state index contributed by atoms with van der Waals surface area (Å²) in [6.07, 6.45) is -4.57. The Morgan fingerprint density at radius 1 is 1.10 bits per heavy atom. The van der Waals surface area contributed by atoms with E-state index in [9.17, 15) is 22.8 Å². The third-order valence-corrected chi connectivity index (χ3v) is 2.57. The van der Waals surface area contributed by atoms with Gasteiger partial charge in [0.05, 0.1) is 16.3 Å². The molecule has 21 heavy (non-hydrogen) atoms. The molecule has 0 aliphatic heterocycles. The molecule has 116 valence electrons. The number of amides is 2. The van der Waals surface area contributed by atoms with E-state index in [0.717, 1.165) is 12.1 Å². The van der Waals surface area contributed by atoms with Gasteiger partial charge in [-0.25, -0.2) is 0 Å². The van der Waals surface area contributed by atoms with Gasteiger partial charge in [0.25, 0.3) is 0 Å². The molecular weight excluding hydrogens is 309 g/mol. The van der Waals surface area contributed by atoms with Crippen LogP contribution in [0, 0.1) is 0 Å². The van der Waals surface area contributed by atoms with Crippen molar-refractivity contribution in [1.29, 1.82) is 0 Å². The highest BCUT2D eigenvalue weighted by molar-refractivity contribution is 6.41. The lowest BCUT2D eigenvalue weighted by atomic mass is 10.1. The smallest absolute Gasteiger partial charge is 0.343 e. The van der Waals surface area contributed by atoms with E-state index in [2.05, 4.69) is 10.6 Å². The largest absolute Gasteiger partial charge is 0.416 e. The van der Waals surface area contributed by atoms with E-state index in [1.54, 1.807) is 20.8 Å². The standard InChI is InChI=1S/C13H14ClF3N2O2/c1-12(2,3)19-11(21)10(20)18-9-6-7(13(15,16)17)4-5-8(9)14/h4-6H,1-3H3,(H,18,20)(H,19,21). The summed E-state index contributed by atoms with van der Waals surface area (Å²) in [6, 6.07) is 2.46. The maximum atomic E-state index is 12.6. The van der Waals surface area contributed by atoms with Gasteiger partial charge in [0, 0.05) is 5.54 Å². The lowest BCUT2D eigenvalue weighted by Gasteiger charge is -2.20. The average molecular weight is 323 g/mol. The minimum atomic E-state index is -4.57. The molecule has 0 unspecified atom stereocenters. The molecule has 1 rings (SSSR count). The zero-order chi connectivity index (χ0) is 16.4. The van der Waals surface area contributed by atoms with Crippen LogP contribution in [0.15, 0.2) is 18.2 Å². The van der Waals surface area contributed by atoms with Crippen molar-refractivity contribution in [3.63, 3.8) is 0 Å². The van der Waals surface area contributed by atoms with Gasteiger partial charge >= 0.3 is 18.0 Å². The second-order valence-corrected chi connectivity index (χ2v) is 5.76. The SMILES string of the molecule is CC(C)(C)NC(=O)C(=O)Nc1cc(C(F)(F)F)ccc1Cl. The first-order valence-electron chi connectivity index (χ1n) is 5.90. The maximum Gasteiger partial charge on any atom is 0.416 e. The number of benzene rings is 1. The Morgan fingerprint density at radius 2 is 1.67 bits per heavy atom. The van der Waals surface area contributed by atoms with Crippen LogP contribution in [-0.4, -0.2) is 17.4 Å². The van der Waals surface area contributed by atoms with Gasteiger partial charge in [-0.3, -0.25) is 9.59 Å². The van der Waals surface area contributed by atoms with E-state index in [1.807, 2.05) is 0 Å². The highest BCUT2D eigenvalue weighted by Gasteiger charge is 2.31. The molecular formula is C13H14ClF3N2O2. The first-order chi connectivity index (χ1) is 9.40. The fourth-order valence-electron chi connectivity index (χ4n) is 1.37. The highest BCUT2D eigenvalue weighted by Crippen LogP contribution is 2.33. The molecule has 0 radical (unpaired) electrons. The molecule has 0 fully saturated rings. The maximum absolute atomic E-state index is 12.6. The van der Waals surface area contributed by atoms with Gasteiger partial charge in [-0.1, -0.05) is 11.6 Å². The number of hydrogen-bond donors (Lipinski definition) is 2. The Kier molecular flexibility index (Phi) is 4.88. The van der Waals surface area contributed by atoms with Crippen LogP contribution in [0.2, 0.25) is 5.02 Å². The van der Waals surface area contributed by atoms with E-state index in [4.69, 9.17) is 11.6 Å². The van der Waals surface area contributed by atoms with Gasteiger partial charge in [0.2, 0.25) is 0 Å². The van der Waals surface area contributed by atoms with Crippen LogP contribution in [-0.2, 0) is 15.8 Å². The Hall–Kier alpha value is -1.76. The summed E-state index contributed by atoms with van der Waals surface area (Å²) in [5.74, 6) is -2.05. The number of alkyl halides is 3. The molecule has 0 spiro atoms. The fourth-order valence-corrected chi connectivity index (χ4v) is 1.54. The molecule has 1 aromatic rings. The molecule has 0 aliphatic rings. The first kappa shape index (κ1) is 17.3. The molecule has 2 amide bonds. The summed E-state index contributed by atoms with van der Waals surface area (Å²) >= 11 is 5.71. The molecule has 0 bridgehead atoms. The summed E-state index contributed by atoms with van der Waals surface area (Å²) in [5.41, 5.74) is -1.90. The number of carbonyl (C=O) groups is 2. The molecule has 1 aromatic carbocycles. The van der Waals surface area contributed by atoms with Crippen LogP contribution in [0.3, 0.4) is 0 Å². The van der Waals surface area contributed by atoms with Crippen LogP contribution >= 0.6 is 11.6 Å². The van der Waals surface area contributed by atoms with Gasteiger partial charge in [0.15, 0.2) is 0 Å². The molecule has 0 heterocycles. The summed E-state index contributed by atoms with van der Waals surface area (Å²) in [4.78, 5) is 23.2. The van der Waals surface area contributed by atoms with Crippen molar-refractivity contribution in [3.05, 3.63) is 28.8 Å². The minimum Gasteiger partial charge on any atom is -0.343 e. The van der Waals surface area contributed by atoms with Gasteiger partial charge in [-0.05, 0) is 39.0 Å². The third kappa shape index (κ3) is 5.26.